The number of hydrogen-bond acceptors (Lipinski definition) is 4. The van der Waals surface area contributed by atoms with Crippen molar-refractivity contribution in [2.45, 2.75) is 12.5 Å². The minimum Gasteiger partial charge on any atom is -0.410 e. The first-order chi connectivity index (χ1) is 12.0. The Labute approximate surface area is 172 Å². The van der Waals surface area contributed by atoms with Crippen LogP contribution >= 0.6 is 24.8 Å². The van der Waals surface area contributed by atoms with E-state index in [2.05, 4.69) is 10.6 Å². The van der Waals surface area contributed by atoms with Crippen molar-refractivity contribution in [3.05, 3.63) is 59.9 Å². The van der Waals surface area contributed by atoms with Crippen LogP contribution in [0.3, 0.4) is 0 Å². The summed E-state index contributed by atoms with van der Waals surface area (Å²) in [6.45, 7) is 0.745. The van der Waals surface area contributed by atoms with Crippen molar-refractivity contribution in [3.8, 4) is 5.75 Å². The highest BCUT2D eigenvalue weighted by atomic mass is 35.5. The van der Waals surface area contributed by atoms with Gasteiger partial charge in [-0.25, -0.2) is 9.18 Å². The molecule has 27 heavy (non-hydrogen) atoms. The highest BCUT2D eigenvalue weighted by Crippen LogP contribution is 2.21. The van der Waals surface area contributed by atoms with Crippen LogP contribution in [-0.4, -0.2) is 38.7 Å². The molecule has 2 aromatic carbocycles. The Morgan fingerprint density at radius 1 is 1.07 bits per heavy atom. The molecule has 0 saturated heterocycles. The van der Waals surface area contributed by atoms with Crippen LogP contribution < -0.4 is 15.4 Å². The second-order valence-corrected chi connectivity index (χ2v) is 5.90. The van der Waals surface area contributed by atoms with E-state index in [0.29, 0.717) is 5.75 Å². The molecule has 150 valence electrons. The quantitative estimate of drug-likeness (QED) is 0.696. The number of halogens is 3. The van der Waals surface area contributed by atoms with Crippen molar-refractivity contribution >= 4 is 36.6 Å². The van der Waals surface area contributed by atoms with Crippen molar-refractivity contribution in [2.75, 3.05) is 33.0 Å². The van der Waals surface area contributed by atoms with E-state index in [1.54, 1.807) is 38.4 Å². The molecule has 1 atom stereocenters. The van der Waals surface area contributed by atoms with Gasteiger partial charge in [-0.1, -0.05) is 12.1 Å². The fourth-order valence-corrected chi connectivity index (χ4v) is 2.37. The van der Waals surface area contributed by atoms with Crippen molar-refractivity contribution in [1.82, 2.24) is 10.2 Å². The van der Waals surface area contributed by atoms with Crippen molar-refractivity contribution < 1.29 is 13.9 Å². The molecule has 0 aliphatic rings. The second kappa shape index (κ2) is 12.4. The lowest BCUT2D eigenvalue weighted by Gasteiger charge is -2.18. The van der Waals surface area contributed by atoms with E-state index in [1.807, 2.05) is 19.2 Å². The lowest BCUT2D eigenvalue weighted by atomic mass is 10.0. The minimum atomic E-state index is -0.401. The van der Waals surface area contributed by atoms with Crippen LogP contribution in [0.25, 0.3) is 0 Å². The van der Waals surface area contributed by atoms with Crippen molar-refractivity contribution in [2.24, 2.45) is 0 Å². The summed E-state index contributed by atoms with van der Waals surface area (Å²) >= 11 is 0. The standard InChI is InChI=1S/C19H24FN3O2.2ClH/c1-21-18(12-13-22-16-8-6-15(20)7-9-16)14-4-10-17(11-5-14)25-19(24)23(2)3;;/h4-11,18,21-22H,12-13H2,1-3H3;2*1H. The van der Waals surface area contributed by atoms with Gasteiger partial charge >= 0.3 is 6.09 Å². The summed E-state index contributed by atoms with van der Waals surface area (Å²) in [5.74, 6) is 0.274. The van der Waals surface area contributed by atoms with E-state index < -0.39 is 6.09 Å². The molecule has 0 fully saturated rings. The van der Waals surface area contributed by atoms with Gasteiger partial charge in [0.2, 0.25) is 0 Å². The third-order valence-electron chi connectivity index (χ3n) is 3.81. The average Bonchev–Trinajstić information content (AvgIpc) is 2.61. The Morgan fingerprint density at radius 3 is 2.19 bits per heavy atom. The fraction of sp³-hybridized carbons (Fsp3) is 0.316. The first kappa shape index (κ1) is 25.0. The van der Waals surface area contributed by atoms with Gasteiger partial charge in [-0.15, -0.1) is 24.8 Å². The highest BCUT2D eigenvalue weighted by molar-refractivity contribution is 5.85. The summed E-state index contributed by atoms with van der Waals surface area (Å²) < 4.78 is 18.1. The van der Waals surface area contributed by atoms with E-state index in [4.69, 9.17) is 4.74 Å². The van der Waals surface area contributed by atoms with Gasteiger partial charge in [-0.05, 0) is 55.4 Å². The van der Waals surface area contributed by atoms with Crippen molar-refractivity contribution in [1.29, 1.82) is 0 Å². The number of amides is 1. The molecule has 0 aliphatic carbocycles. The Kier molecular flexibility index (Phi) is 11.5. The molecule has 0 bridgehead atoms. The molecule has 0 heterocycles. The summed E-state index contributed by atoms with van der Waals surface area (Å²) in [6, 6.07) is 13.9. The molecule has 0 aromatic heterocycles. The number of carbonyl (C=O) groups excluding carboxylic acids is 1. The number of ether oxygens (including phenoxy) is 1. The van der Waals surface area contributed by atoms with Crippen LogP contribution in [0.15, 0.2) is 48.5 Å². The third kappa shape index (κ3) is 8.03. The maximum atomic E-state index is 12.9. The van der Waals surface area contributed by atoms with E-state index in [-0.39, 0.29) is 36.7 Å². The Bertz CT molecular complexity index is 682. The number of benzene rings is 2. The molecule has 5 nitrogen and oxygen atoms in total. The summed E-state index contributed by atoms with van der Waals surface area (Å²) in [7, 11) is 5.19. The van der Waals surface area contributed by atoms with Crippen LogP contribution in [0, 0.1) is 5.82 Å². The Morgan fingerprint density at radius 2 is 1.67 bits per heavy atom. The topological polar surface area (TPSA) is 53.6 Å². The number of hydrogen-bond donors (Lipinski definition) is 2. The first-order valence-electron chi connectivity index (χ1n) is 8.15. The molecule has 0 spiro atoms. The zero-order valence-corrected chi connectivity index (χ0v) is 17.2. The van der Waals surface area contributed by atoms with Gasteiger partial charge in [0.05, 0.1) is 0 Å². The van der Waals surface area contributed by atoms with Gasteiger partial charge in [0, 0.05) is 32.4 Å². The maximum Gasteiger partial charge on any atom is 0.414 e. The predicted molar refractivity (Wildman–Crippen MR) is 112 cm³/mol. The zero-order chi connectivity index (χ0) is 18.2. The van der Waals surface area contributed by atoms with Crippen molar-refractivity contribution in [3.63, 3.8) is 0 Å². The van der Waals surface area contributed by atoms with Gasteiger partial charge in [0.15, 0.2) is 0 Å². The number of nitrogens with zero attached hydrogens (tertiary/aromatic N) is 1. The van der Waals surface area contributed by atoms with Crippen LogP contribution in [0.2, 0.25) is 0 Å². The lowest BCUT2D eigenvalue weighted by Crippen LogP contribution is -2.25. The summed E-state index contributed by atoms with van der Waals surface area (Å²) in [5.41, 5.74) is 2.00. The first-order valence-corrected chi connectivity index (χ1v) is 8.15. The number of nitrogens with one attached hydrogen (secondary N) is 2. The SMILES string of the molecule is CNC(CCNc1ccc(F)cc1)c1ccc(OC(=O)N(C)C)cc1.Cl.Cl. The van der Waals surface area contributed by atoms with Gasteiger partial charge in [-0.2, -0.15) is 0 Å². The average molecular weight is 418 g/mol. The largest absolute Gasteiger partial charge is 0.414 e. The van der Waals surface area contributed by atoms with E-state index >= 15 is 0 Å². The molecule has 2 rings (SSSR count). The molecule has 8 heteroatoms. The van der Waals surface area contributed by atoms with Gasteiger partial charge in [0.25, 0.3) is 0 Å². The summed E-state index contributed by atoms with van der Waals surface area (Å²) in [5, 5.41) is 6.55. The fourth-order valence-electron chi connectivity index (χ4n) is 2.37. The Hall–Kier alpha value is -2.02. The second-order valence-electron chi connectivity index (χ2n) is 5.90. The van der Waals surface area contributed by atoms with Gasteiger partial charge < -0.3 is 20.3 Å². The molecule has 0 saturated carbocycles. The highest BCUT2D eigenvalue weighted by Gasteiger charge is 2.11. The molecule has 0 aliphatic heterocycles. The van der Waals surface area contributed by atoms with E-state index in [1.165, 1.54) is 17.0 Å². The summed E-state index contributed by atoms with van der Waals surface area (Å²) in [4.78, 5) is 12.9. The van der Waals surface area contributed by atoms with Gasteiger partial charge in [0.1, 0.15) is 11.6 Å². The van der Waals surface area contributed by atoms with Gasteiger partial charge in [-0.3, -0.25) is 0 Å². The monoisotopic (exact) mass is 417 g/mol. The molecule has 0 radical (unpaired) electrons. The van der Waals surface area contributed by atoms with Crippen LogP contribution in [-0.2, 0) is 0 Å². The minimum absolute atomic E-state index is 0. The number of anilines is 1. The predicted octanol–water partition coefficient (Wildman–Crippen LogP) is 4.49. The van der Waals surface area contributed by atoms with Crippen LogP contribution in [0.5, 0.6) is 5.75 Å². The smallest absolute Gasteiger partial charge is 0.410 e. The molecule has 2 N–H and O–H groups in total. The lowest BCUT2D eigenvalue weighted by molar-refractivity contribution is 0.172. The Balaban J connectivity index is 0.00000338. The summed E-state index contributed by atoms with van der Waals surface area (Å²) in [6.07, 6.45) is 0.450. The van der Waals surface area contributed by atoms with E-state index in [0.717, 1.165) is 24.2 Å². The molecule has 2 aromatic rings. The molecule has 1 amide bonds. The normalized spacial score (nSPS) is 10.8. The zero-order valence-electron chi connectivity index (χ0n) is 15.6. The number of carbonyl (C=O) groups is 1. The molecule has 1 unspecified atom stereocenters. The number of rotatable bonds is 7. The molecular formula is C19H26Cl2FN3O2. The van der Waals surface area contributed by atoms with E-state index in [9.17, 15) is 9.18 Å². The maximum absolute atomic E-state index is 12.9. The third-order valence-corrected chi connectivity index (χ3v) is 3.81. The van der Waals surface area contributed by atoms with Crippen LogP contribution in [0.1, 0.15) is 18.0 Å². The molecular weight excluding hydrogens is 392 g/mol. The van der Waals surface area contributed by atoms with Crippen LogP contribution in [0.4, 0.5) is 14.9 Å².